The molecule has 2 aromatic heterocycles. The van der Waals surface area contributed by atoms with Gasteiger partial charge < -0.3 is 19.0 Å². The van der Waals surface area contributed by atoms with Crippen LogP contribution in [0.15, 0.2) is 116 Å². The topological polar surface area (TPSA) is 108 Å². The summed E-state index contributed by atoms with van der Waals surface area (Å²) >= 11 is 0. The molecule has 0 radical (unpaired) electrons. The Morgan fingerprint density at radius 3 is 1.98 bits per heavy atom. The molecule has 4 aromatic carbocycles. The lowest BCUT2D eigenvalue weighted by molar-refractivity contribution is -0.138. The predicted molar refractivity (Wildman–Crippen MR) is 178 cm³/mol. The van der Waals surface area contributed by atoms with Crippen LogP contribution in [0.1, 0.15) is 38.6 Å². The van der Waals surface area contributed by atoms with E-state index in [0.29, 0.717) is 17.7 Å². The van der Waals surface area contributed by atoms with Crippen molar-refractivity contribution in [3.05, 3.63) is 156 Å². The number of hydrogen-bond donors (Lipinski definition) is 1. The van der Waals surface area contributed by atoms with Crippen LogP contribution in [0.25, 0.3) is 21.8 Å². The van der Waals surface area contributed by atoms with Gasteiger partial charge in [0, 0.05) is 67.5 Å². The molecule has 0 aliphatic carbocycles. The van der Waals surface area contributed by atoms with Gasteiger partial charge in [0.05, 0.1) is 23.3 Å². The molecule has 0 bridgehead atoms. The first kappa shape index (κ1) is 36.5. The monoisotopic (exact) mass is 686 g/mol. The maximum atomic E-state index is 13.8. The van der Waals surface area contributed by atoms with Crippen molar-refractivity contribution in [3.63, 3.8) is 0 Å². The lowest BCUT2D eigenvalue weighted by Gasteiger charge is -2.11. The van der Waals surface area contributed by atoms with Gasteiger partial charge in [-0.2, -0.15) is 0 Å². The quantitative estimate of drug-likeness (QED) is 0.0545. The Morgan fingerprint density at radius 1 is 0.780 bits per heavy atom. The minimum atomic E-state index is -1.17. The number of hydrogen-bond acceptors (Lipinski definition) is 5. The summed E-state index contributed by atoms with van der Waals surface area (Å²) in [6, 6.07) is 22.9. The number of carbonyl (C=O) groups excluding carboxylic acids is 3. The molecule has 0 spiro atoms. The molecular weight excluding hydrogens is 656 g/mol. The zero-order chi connectivity index (χ0) is 36.4. The Hall–Kier alpha value is -6.30. The highest BCUT2D eigenvalue weighted by molar-refractivity contribution is 6.04. The standard InChI is InChI=1S/C19H15F2NO3.C10H6F2O3.C9H9N/c1-22-10-15(12-4-2-3-5-17(12)22)14(19(24)25)9-18(23)13-7-6-11(20)8-16(13)21;11-7-1-2-8(9(12)5-7)10(14)3-4-15-6-13;1-10-7-6-8-4-2-3-5-9(8)10/h2-8,10,14H,9H2,1H3,(H,24,25);1-6H;2-7H,1H3/b;4-3+;. The fourth-order valence-corrected chi connectivity index (χ4v) is 5.13. The number of para-hydroxylation sites is 2. The normalized spacial score (nSPS) is 11.3. The van der Waals surface area contributed by atoms with Crippen molar-refractivity contribution in [2.75, 3.05) is 0 Å². The summed E-state index contributed by atoms with van der Waals surface area (Å²) < 4.78 is 60.3. The molecule has 0 fully saturated rings. The van der Waals surface area contributed by atoms with Crippen molar-refractivity contribution in [2.45, 2.75) is 12.3 Å². The van der Waals surface area contributed by atoms with Crippen LogP contribution in [-0.4, -0.2) is 38.2 Å². The number of ketones is 2. The molecule has 0 saturated heterocycles. The van der Waals surface area contributed by atoms with Crippen molar-refractivity contribution >= 4 is 45.8 Å². The molecule has 6 rings (SSSR count). The van der Waals surface area contributed by atoms with E-state index in [4.69, 9.17) is 0 Å². The highest BCUT2D eigenvalue weighted by atomic mass is 19.1. The number of nitrogens with zero attached hydrogens (tertiary/aromatic N) is 2. The lowest BCUT2D eigenvalue weighted by atomic mass is 9.91. The number of allylic oxidation sites excluding steroid dienone is 1. The van der Waals surface area contributed by atoms with Gasteiger partial charge in [0.1, 0.15) is 23.3 Å². The van der Waals surface area contributed by atoms with Crippen molar-refractivity contribution < 1.29 is 46.6 Å². The lowest BCUT2D eigenvalue weighted by Crippen LogP contribution is -2.17. The van der Waals surface area contributed by atoms with Crippen molar-refractivity contribution in [1.29, 1.82) is 0 Å². The Morgan fingerprint density at radius 2 is 1.38 bits per heavy atom. The van der Waals surface area contributed by atoms with Crippen LogP contribution < -0.4 is 0 Å². The molecule has 0 aliphatic heterocycles. The molecule has 2 heterocycles. The third kappa shape index (κ3) is 8.98. The Kier molecular flexibility index (Phi) is 12.2. The summed E-state index contributed by atoms with van der Waals surface area (Å²) in [5, 5.41) is 11.6. The third-order valence-electron chi connectivity index (χ3n) is 7.57. The summed E-state index contributed by atoms with van der Waals surface area (Å²) in [5.74, 6) is -7.21. The molecule has 50 heavy (non-hydrogen) atoms. The minimum absolute atomic E-state index is 0.116. The van der Waals surface area contributed by atoms with Gasteiger partial charge in [-0.25, -0.2) is 17.6 Å². The molecule has 0 saturated carbocycles. The summed E-state index contributed by atoms with van der Waals surface area (Å²) in [7, 11) is 3.84. The number of carbonyl (C=O) groups is 4. The molecule has 256 valence electrons. The number of halogens is 4. The molecule has 8 nitrogen and oxygen atoms in total. The zero-order valence-electron chi connectivity index (χ0n) is 26.7. The zero-order valence-corrected chi connectivity index (χ0v) is 26.7. The van der Waals surface area contributed by atoms with Gasteiger partial charge in [-0.15, -0.1) is 0 Å². The number of aromatic nitrogens is 2. The van der Waals surface area contributed by atoms with E-state index in [9.17, 15) is 41.8 Å². The fraction of sp³-hybridized carbons (Fsp3) is 0.105. The minimum Gasteiger partial charge on any atom is -0.481 e. The van der Waals surface area contributed by atoms with Crippen molar-refractivity contribution in [2.24, 2.45) is 14.1 Å². The number of aliphatic carboxylic acids is 1. The second-order valence-corrected chi connectivity index (χ2v) is 10.9. The first-order valence-electron chi connectivity index (χ1n) is 14.9. The number of fused-ring (bicyclic) bond motifs is 2. The van der Waals surface area contributed by atoms with E-state index in [1.807, 2.05) is 12.1 Å². The Balaban J connectivity index is 0.000000189. The predicted octanol–water partition coefficient (Wildman–Crippen LogP) is 7.91. The first-order valence-corrected chi connectivity index (χ1v) is 14.9. The van der Waals surface area contributed by atoms with Gasteiger partial charge in [0.2, 0.25) is 0 Å². The maximum absolute atomic E-state index is 13.8. The number of carboxylic acid groups (broad SMARTS) is 1. The molecule has 0 amide bonds. The summed E-state index contributed by atoms with van der Waals surface area (Å²) in [6.07, 6.45) is 5.01. The van der Waals surface area contributed by atoms with Crippen LogP contribution in [0.3, 0.4) is 0 Å². The van der Waals surface area contributed by atoms with Crippen molar-refractivity contribution in [3.8, 4) is 0 Å². The summed E-state index contributed by atoms with van der Waals surface area (Å²) in [5.41, 5.74) is 2.02. The average molecular weight is 687 g/mol. The number of Topliss-reactive ketones (excluding diaryl/α,β-unsaturated/α-hetero) is 1. The summed E-state index contributed by atoms with van der Waals surface area (Å²) in [4.78, 5) is 45.1. The van der Waals surface area contributed by atoms with Gasteiger partial charge in [-0.05, 0) is 53.4 Å². The number of ether oxygens (including phenoxy) is 1. The SMILES string of the molecule is Cn1cc(C(CC(=O)c2ccc(F)cc2F)C(=O)O)c2ccccc21.Cn1ccc2ccccc21.O=CO/C=C/C(=O)c1ccc(F)cc1F. The van der Waals surface area contributed by atoms with E-state index >= 15 is 0 Å². The molecule has 0 aliphatic rings. The van der Waals surface area contributed by atoms with E-state index in [2.05, 4.69) is 52.9 Å². The van der Waals surface area contributed by atoms with Crippen LogP contribution in [-0.2, 0) is 28.4 Å². The molecule has 6 aromatic rings. The molecule has 12 heteroatoms. The highest BCUT2D eigenvalue weighted by Gasteiger charge is 2.28. The first-order chi connectivity index (χ1) is 23.9. The van der Waals surface area contributed by atoms with E-state index in [1.165, 1.54) is 10.9 Å². The number of aryl methyl sites for hydroxylation is 2. The number of benzene rings is 4. The molecule has 1 unspecified atom stereocenters. The van der Waals surface area contributed by atoms with E-state index in [-0.39, 0.29) is 17.6 Å². The highest BCUT2D eigenvalue weighted by Crippen LogP contribution is 2.31. The van der Waals surface area contributed by atoms with Gasteiger partial charge in [-0.1, -0.05) is 36.4 Å². The van der Waals surface area contributed by atoms with Gasteiger partial charge >= 0.3 is 5.97 Å². The third-order valence-corrected chi connectivity index (χ3v) is 7.57. The van der Waals surface area contributed by atoms with Crippen molar-refractivity contribution in [1.82, 2.24) is 9.13 Å². The largest absolute Gasteiger partial charge is 0.481 e. The smallest absolute Gasteiger partial charge is 0.311 e. The summed E-state index contributed by atoms with van der Waals surface area (Å²) in [6.45, 7) is 0.116. The second-order valence-electron chi connectivity index (χ2n) is 10.9. The van der Waals surface area contributed by atoms with E-state index < -0.39 is 53.1 Å². The van der Waals surface area contributed by atoms with Gasteiger partial charge in [0.15, 0.2) is 11.6 Å². The van der Waals surface area contributed by atoms with Crippen LogP contribution in [0.4, 0.5) is 17.6 Å². The van der Waals surface area contributed by atoms with E-state index in [0.717, 1.165) is 47.5 Å². The molecule has 1 atom stereocenters. The van der Waals surface area contributed by atoms with Crippen LogP contribution >= 0.6 is 0 Å². The average Bonchev–Trinajstić information content (AvgIpc) is 3.63. The second kappa shape index (κ2) is 16.7. The van der Waals surface area contributed by atoms with Gasteiger partial charge in [0.25, 0.3) is 6.47 Å². The van der Waals surface area contributed by atoms with Crippen LogP contribution in [0.5, 0.6) is 0 Å². The molecular formula is C38H30F4N2O6. The Labute approximate surface area is 283 Å². The van der Waals surface area contributed by atoms with Crippen LogP contribution in [0.2, 0.25) is 0 Å². The Bertz CT molecular complexity index is 2200. The van der Waals surface area contributed by atoms with E-state index in [1.54, 1.807) is 29.9 Å². The number of carboxylic acids is 1. The van der Waals surface area contributed by atoms with Crippen LogP contribution in [0, 0.1) is 23.3 Å². The fourth-order valence-electron chi connectivity index (χ4n) is 5.13. The molecule has 1 N–H and O–H groups in total. The van der Waals surface area contributed by atoms with Gasteiger partial charge in [-0.3, -0.25) is 19.2 Å². The maximum Gasteiger partial charge on any atom is 0.311 e. The number of rotatable bonds is 9.